The predicted molar refractivity (Wildman–Crippen MR) is 64.2 cm³/mol. The van der Waals surface area contributed by atoms with E-state index < -0.39 is 0 Å². The summed E-state index contributed by atoms with van der Waals surface area (Å²) in [5.74, 6) is 1.49. The molecule has 2 rings (SSSR count). The SMILES string of the molecule is Cc1occc1CN(C)c1ccnc(N)c1. The third kappa shape index (κ3) is 2.16. The fourth-order valence-corrected chi connectivity index (χ4v) is 1.60. The first-order valence-electron chi connectivity index (χ1n) is 5.12. The summed E-state index contributed by atoms with van der Waals surface area (Å²) in [7, 11) is 2.02. The predicted octanol–water partition coefficient (Wildman–Crippen LogP) is 2.20. The number of nitrogens with two attached hydrogens (primary N) is 1. The molecule has 0 bridgehead atoms. The van der Waals surface area contributed by atoms with Gasteiger partial charge in [0.2, 0.25) is 0 Å². The van der Waals surface area contributed by atoms with Crippen LogP contribution in [0.15, 0.2) is 35.1 Å². The van der Waals surface area contributed by atoms with Crippen LogP contribution in [0.1, 0.15) is 11.3 Å². The zero-order chi connectivity index (χ0) is 11.5. The van der Waals surface area contributed by atoms with E-state index in [0.29, 0.717) is 5.82 Å². The first-order valence-corrected chi connectivity index (χ1v) is 5.12. The normalized spacial score (nSPS) is 10.4. The largest absolute Gasteiger partial charge is 0.469 e. The number of aryl methyl sites for hydroxylation is 1. The molecule has 0 atom stereocenters. The highest BCUT2D eigenvalue weighted by atomic mass is 16.3. The van der Waals surface area contributed by atoms with Crippen LogP contribution >= 0.6 is 0 Å². The fourth-order valence-electron chi connectivity index (χ4n) is 1.60. The van der Waals surface area contributed by atoms with Gasteiger partial charge in [0.05, 0.1) is 6.26 Å². The minimum atomic E-state index is 0.535. The number of pyridine rings is 1. The maximum absolute atomic E-state index is 5.64. The van der Waals surface area contributed by atoms with Crippen molar-refractivity contribution >= 4 is 11.5 Å². The summed E-state index contributed by atoms with van der Waals surface area (Å²) in [6.07, 6.45) is 3.42. The molecule has 0 radical (unpaired) electrons. The van der Waals surface area contributed by atoms with Crippen molar-refractivity contribution in [2.24, 2.45) is 0 Å². The Kier molecular flexibility index (Phi) is 2.81. The van der Waals surface area contributed by atoms with Crippen LogP contribution in [0.2, 0.25) is 0 Å². The van der Waals surface area contributed by atoms with Crippen LogP contribution < -0.4 is 10.6 Å². The number of anilines is 2. The van der Waals surface area contributed by atoms with Gasteiger partial charge in [0.25, 0.3) is 0 Å². The molecule has 0 aliphatic rings. The fraction of sp³-hybridized carbons (Fsp3) is 0.250. The summed E-state index contributed by atoms with van der Waals surface area (Å²) < 4.78 is 5.26. The standard InChI is InChI=1S/C12H15N3O/c1-9-10(4-6-16-9)8-15(2)11-3-5-14-12(13)7-11/h3-7H,8H2,1-2H3,(H2,13,14). The van der Waals surface area contributed by atoms with Crippen molar-refractivity contribution in [2.75, 3.05) is 17.7 Å². The zero-order valence-electron chi connectivity index (χ0n) is 9.47. The molecule has 0 aliphatic heterocycles. The van der Waals surface area contributed by atoms with Gasteiger partial charge < -0.3 is 15.1 Å². The van der Waals surface area contributed by atoms with Crippen LogP contribution in [-0.4, -0.2) is 12.0 Å². The van der Waals surface area contributed by atoms with Gasteiger partial charge in [-0.1, -0.05) is 0 Å². The average Bonchev–Trinajstić information content (AvgIpc) is 2.64. The smallest absolute Gasteiger partial charge is 0.125 e. The molecular weight excluding hydrogens is 202 g/mol. The van der Waals surface area contributed by atoms with E-state index in [1.165, 1.54) is 5.56 Å². The average molecular weight is 217 g/mol. The van der Waals surface area contributed by atoms with Crippen LogP contribution in [0.4, 0.5) is 11.5 Å². The lowest BCUT2D eigenvalue weighted by Crippen LogP contribution is -2.16. The third-order valence-electron chi connectivity index (χ3n) is 2.58. The number of hydrogen-bond donors (Lipinski definition) is 1. The second kappa shape index (κ2) is 4.26. The van der Waals surface area contributed by atoms with Gasteiger partial charge >= 0.3 is 0 Å². The van der Waals surface area contributed by atoms with E-state index in [1.807, 2.05) is 32.2 Å². The van der Waals surface area contributed by atoms with Crippen molar-refractivity contribution in [1.29, 1.82) is 0 Å². The molecule has 0 saturated carbocycles. The number of aromatic nitrogens is 1. The van der Waals surface area contributed by atoms with Gasteiger partial charge in [-0.05, 0) is 19.1 Å². The minimum absolute atomic E-state index is 0.535. The van der Waals surface area contributed by atoms with Gasteiger partial charge in [-0.2, -0.15) is 0 Å². The number of rotatable bonds is 3. The van der Waals surface area contributed by atoms with E-state index >= 15 is 0 Å². The molecule has 84 valence electrons. The van der Waals surface area contributed by atoms with Crippen LogP contribution in [-0.2, 0) is 6.54 Å². The van der Waals surface area contributed by atoms with E-state index in [0.717, 1.165) is 18.0 Å². The number of nitrogens with zero attached hydrogens (tertiary/aromatic N) is 2. The number of nitrogen functional groups attached to an aromatic ring is 1. The summed E-state index contributed by atoms with van der Waals surface area (Å²) in [4.78, 5) is 6.08. The number of hydrogen-bond acceptors (Lipinski definition) is 4. The third-order valence-corrected chi connectivity index (χ3v) is 2.58. The molecule has 0 aromatic carbocycles. The summed E-state index contributed by atoms with van der Waals surface area (Å²) in [6.45, 7) is 2.76. The van der Waals surface area contributed by atoms with E-state index in [-0.39, 0.29) is 0 Å². The molecule has 0 spiro atoms. The Balaban J connectivity index is 2.14. The van der Waals surface area contributed by atoms with E-state index in [9.17, 15) is 0 Å². The van der Waals surface area contributed by atoms with Crippen molar-refractivity contribution in [2.45, 2.75) is 13.5 Å². The second-order valence-electron chi connectivity index (χ2n) is 3.80. The topological polar surface area (TPSA) is 55.3 Å². The van der Waals surface area contributed by atoms with Crippen molar-refractivity contribution in [1.82, 2.24) is 4.98 Å². The summed E-state index contributed by atoms with van der Waals surface area (Å²) in [5.41, 5.74) is 7.87. The molecule has 4 heteroatoms. The Morgan fingerprint density at radius 3 is 2.88 bits per heavy atom. The first-order chi connectivity index (χ1) is 7.66. The lowest BCUT2D eigenvalue weighted by Gasteiger charge is -2.18. The molecule has 16 heavy (non-hydrogen) atoms. The summed E-state index contributed by atoms with van der Waals surface area (Å²) in [5, 5.41) is 0. The summed E-state index contributed by atoms with van der Waals surface area (Å²) >= 11 is 0. The van der Waals surface area contributed by atoms with E-state index in [4.69, 9.17) is 10.2 Å². The molecule has 4 nitrogen and oxygen atoms in total. The molecule has 2 N–H and O–H groups in total. The second-order valence-corrected chi connectivity index (χ2v) is 3.80. The van der Waals surface area contributed by atoms with Gasteiger partial charge in [-0.25, -0.2) is 4.98 Å². The quantitative estimate of drug-likeness (QED) is 0.856. The molecule has 0 unspecified atom stereocenters. The Bertz CT molecular complexity index is 479. The Hall–Kier alpha value is -1.97. The lowest BCUT2D eigenvalue weighted by atomic mass is 10.2. The van der Waals surface area contributed by atoms with Gasteiger partial charge in [-0.3, -0.25) is 0 Å². The van der Waals surface area contributed by atoms with Crippen LogP contribution in [0.25, 0.3) is 0 Å². The van der Waals surface area contributed by atoms with Gasteiger partial charge in [0.1, 0.15) is 11.6 Å². The minimum Gasteiger partial charge on any atom is -0.469 e. The Labute approximate surface area is 94.7 Å². The van der Waals surface area contributed by atoms with Crippen molar-refractivity contribution in [3.63, 3.8) is 0 Å². The van der Waals surface area contributed by atoms with Gasteiger partial charge in [0.15, 0.2) is 0 Å². The van der Waals surface area contributed by atoms with Gasteiger partial charge in [-0.15, -0.1) is 0 Å². The maximum Gasteiger partial charge on any atom is 0.125 e. The lowest BCUT2D eigenvalue weighted by molar-refractivity contribution is 0.529. The molecule has 2 aromatic rings. The number of furan rings is 1. The molecule has 0 fully saturated rings. The highest BCUT2D eigenvalue weighted by molar-refractivity contribution is 5.51. The summed E-state index contributed by atoms with van der Waals surface area (Å²) in [6, 6.07) is 5.78. The first kappa shape index (κ1) is 10.5. The molecule has 0 saturated heterocycles. The van der Waals surface area contributed by atoms with Crippen molar-refractivity contribution < 1.29 is 4.42 Å². The van der Waals surface area contributed by atoms with Gasteiger partial charge in [0, 0.05) is 37.1 Å². The van der Waals surface area contributed by atoms with E-state index in [2.05, 4.69) is 9.88 Å². The Morgan fingerprint density at radius 2 is 2.25 bits per heavy atom. The van der Waals surface area contributed by atoms with Crippen LogP contribution in [0.3, 0.4) is 0 Å². The maximum atomic E-state index is 5.64. The highest BCUT2D eigenvalue weighted by Crippen LogP contribution is 2.18. The molecule has 2 heterocycles. The molecule has 2 aromatic heterocycles. The van der Waals surface area contributed by atoms with Crippen LogP contribution in [0, 0.1) is 6.92 Å². The molecule has 0 amide bonds. The zero-order valence-corrected chi connectivity index (χ0v) is 9.47. The monoisotopic (exact) mass is 217 g/mol. The van der Waals surface area contributed by atoms with E-state index in [1.54, 1.807) is 12.5 Å². The Morgan fingerprint density at radius 1 is 1.44 bits per heavy atom. The van der Waals surface area contributed by atoms with Crippen molar-refractivity contribution in [3.05, 3.63) is 42.0 Å². The van der Waals surface area contributed by atoms with Crippen LogP contribution in [0.5, 0.6) is 0 Å². The molecular formula is C12H15N3O. The van der Waals surface area contributed by atoms with Crippen molar-refractivity contribution in [3.8, 4) is 0 Å². The molecule has 0 aliphatic carbocycles. The highest BCUT2D eigenvalue weighted by Gasteiger charge is 2.06.